The van der Waals surface area contributed by atoms with E-state index in [0.29, 0.717) is 19.5 Å². The van der Waals surface area contributed by atoms with Crippen molar-refractivity contribution in [1.82, 2.24) is 14.0 Å². The number of hydrogen-bond donors (Lipinski definition) is 2. The van der Waals surface area contributed by atoms with E-state index in [-0.39, 0.29) is 6.54 Å². The first-order valence-corrected chi connectivity index (χ1v) is 7.22. The highest BCUT2D eigenvalue weighted by atomic mass is 32.2. The van der Waals surface area contributed by atoms with Gasteiger partial charge in [0, 0.05) is 32.5 Å². The number of aryl methyl sites for hydroxylation is 1. The Labute approximate surface area is 108 Å². The lowest BCUT2D eigenvalue weighted by Gasteiger charge is -2.17. The molecular formula is C11H20N4O2S. The Balaban J connectivity index is 2.59. The van der Waals surface area contributed by atoms with Crippen LogP contribution in [0.1, 0.15) is 17.5 Å². The molecule has 7 heteroatoms. The first-order valence-electron chi connectivity index (χ1n) is 5.78. The molecule has 6 nitrogen and oxygen atoms in total. The van der Waals surface area contributed by atoms with Gasteiger partial charge in [0.05, 0.1) is 0 Å². The Morgan fingerprint density at radius 3 is 2.83 bits per heavy atom. The summed E-state index contributed by atoms with van der Waals surface area (Å²) in [6, 6.07) is 1.80. The van der Waals surface area contributed by atoms with Crippen LogP contribution in [0.15, 0.2) is 18.5 Å². The van der Waals surface area contributed by atoms with Gasteiger partial charge in [-0.25, -0.2) is 0 Å². The molecule has 0 radical (unpaired) electrons. The minimum absolute atomic E-state index is 0.268. The lowest BCUT2D eigenvalue weighted by atomic mass is 10.2. The third-order valence-corrected chi connectivity index (χ3v) is 4.18. The van der Waals surface area contributed by atoms with E-state index >= 15 is 0 Å². The second kappa shape index (κ2) is 6.79. The summed E-state index contributed by atoms with van der Waals surface area (Å²) in [7, 11) is -1.90. The minimum Gasteiger partial charge on any atom is -0.330 e. The molecule has 0 fully saturated rings. The Kier molecular flexibility index (Phi) is 5.67. The van der Waals surface area contributed by atoms with Crippen LogP contribution in [0.5, 0.6) is 0 Å². The highest BCUT2D eigenvalue weighted by molar-refractivity contribution is 7.87. The van der Waals surface area contributed by atoms with Crippen molar-refractivity contribution >= 4 is 10.2 Å². The molecule has 3 N–H and O–H groups in total. The van der Waals surface area contributed by atoms with Gasteiger partial charge < -0.3 is 5.73 Å². The summed E-state index contributed by atoms with van der Waals surface area (Å²) in [5, 5.41) is 0. The van der Waals surface area contributed by atoms with Crippen LogP contribution in [-0.2, 0) is 16.8 Å². The molecule has 0 aliphatic heterocycles. The molecule has 0 atom stereocenters. The molecule has 0 spiro atoms. The smallest absolute Gasteiger partial charge is 0.279 e. The summed E-state index contributed by atoms with van der Waals surface area (Å²) < 4.78 is 27.6. The van der Waals surface area contributed by atoms with E-state index in [4.69, 9.17) is 5.73 Å². The normalized spacial score (nSPS) is 12.0. The fourth-order valence-electron chi connectivity index (χ4n) is 1.41. The Bertz CT molecular complexity index is 476. The molecule has 1 aromatic rings. The second-order valence-electron chi connectivity index (χ2n) is 4.09. The van der Waals surface area contributed by atoms with Gasteiger partial charge in [-0.1, -0.05) is 0 Å². The molecule has 0 saturated heterocycles. The van der Waals surface area contributed by atoms with Crippen LogP contribution in [0, 0.1) is 6.92 Å². The third kappa shape index (κ3) is 4.34. The van der Waals surface area contributed by atoms with E-state index in [2.05, 4.69) is 9.71 Å². The van der Waals surface area contributed by atoms with Gasteiger partial charge in [0.2, 0.25) is 0 Å². The maximum atomic E-state index is 11.9. The van der Waals surface area contributed by atoms with E-state index in [0.717, 1.165) is 11.1 Å². The van der Waals surface area contributed by atoms with E-state index in [1.807, 2.05) is 6.92 Å². The summed E-state index contributed by atoms with van der Waals surface area (Å²) in [6.45, 7) is 3.06. The van der Waals surface area contributed by atoms with E-state index < -0.39 is 10.2 Å². The number of nitrogens with two attached hydrogens (primary N) is 1. The maximum Gasteiger partial charge on any atom is 0.279 e. The van der Waals surface area contributed by atoms with Crippen molar-refractivity contribution in [2.24, 2.45) is 5.73 Å². The van der Waals surface area contributed by atoms with Crippen molar-refractivity contribution in [3.63, 3.8) is 0 Å². The second-order valence-corrected chi connectivity index (χ2v) is 5.95. The molecule has 0 aliphatic rings. The maximum absolute atomic E-state index is 11.9. The predicted octanol–water partition coefficient (Wildman–Crippen LogP) is 0.00502. The summed E-state index contributed by atoms with van der Waals surface area (Å²) in [4.78, 5) is 3.96. The number of hydrogen-bond acceptors (Lipinski definition) is 4. The van der Waals surface area contributed by atoms with Crippen molar-refractivity contribution in [3.05, 3.63) is 29.6 Å². The average molecular weight is 272 g/mol. The molecule has 0 aliphatic carbocycles. The van der Waals surface area contributed by atoms with Gasteiger partial charge in [-0.15, -0.1) is 0 Å². The fraction of sp³-hybridized carbons (Fsp3) is 0.545. The molecule has 0 aromatic carbocycles. The molecule has 18 heavy (non-hydrogen) atoms. The Hall–Kier alpha value is -1.02. The predicted molar refractivity (Wildman–Crippen MR) is 71.0 cm³/mol. The van der Waals surface area contributed by atoms with Gasteiger partial charge in [-0.05, 0) is 37.1 Å². The van der Waals surface area contributed by atoms with Crippen LogP contribution in [-0.4, -0.2) is 37.8 Å². The zero-order valence-electron chi connectivity index (χ0n) is 10.8. The summed E-state index contributed by atoms with van der Waals surface area (Å²) in [6.07, 6.45) is 4.00. The summed E-state index contributed by atoms with van der Waals surface area (Å²) in [5.41, 5.74) is 7.24. The quantitative estimate of drug-likeness (QED) is 0.731. The zero-order chi connectivity index (χ0) is 13.6. The monoisotopic (exact) mass is 272 g/mol. The highest BCUT2D eigenvalue weighted by Gasteiger charge is 2.16. The van der Waals surface area contributed by atoms with Crippen LogP contribution in [0.4, 0.5) is 0 Å². The first kappa shape index (κ1) is 15.0. The number of nitrogens with one attached hydrogen (secondary N) is 1. The van der Waals surface area contributed by atoms with Crippen molar-refractivity contribution < 1.29 is 8.42 Å². The van der Waals surface area contributed by atoms with Gasteiger partial charge in [-0.2, -0.15) is 17.4 Å². The molecule has 102 valence electrons. The number of nitrogens with zero attached hydrogens (tertiary/aromatic N) is 2. The highest BCUT2D eigenvalue weighted by Crippen LogP contribution is 2.05. The van der Waals surface area contributed by atoms with Crippen molar-refractivity contribution in [2.45, 2.75) is 19.9 Å². The van der Waals surface area contributed by atoms with Gasteiger partial charge >= 0.3 is 0 Å². The third-order valence-electron chi connectivity index (χ3n) is 2.67. The van der Waals surface area contributed by atoms with Crippen LogP contribution in [0.25, 0.3) is 0 Å². The molecule has 0 unspecified atom stereocenters. The van der Waals surface area contributed by atoms with Crippen LogP contribution >= 0.6 is 0 Å². The summed E-state index contributed by atoms with van der Waals surface area (Å²) in [5.74, 6) is 0. The van der Waals surface area contributed by atoms with Crippen LogP contribution in [0.3, 0.4) is 0 Å². The standard InChI is InChI=1S/C11H20N4O2S/c1-10-8-13-6-4-11(10)9-14-18(16,17)15(2)7-3-5-12/h4,6,8,14H,3,5,7,9,12H2,1-2H3. The molecule has 1 heterocycles. The first-order chi connectivity index (χ1) is 8.47. The zero-order valence-corrected chi connectivity index (χ0v) is 11.6. The number of pyridine rings is 1. The van der Waals surface area contributed by atoms with Gasteiger partial charge in [-0.3, -0.25) is 4.98 Å². The van der Waals surface area contributed by atoms with E-state index in [9.17, 15) is 8.42 Å². The average Bonchev–Trinajstić information content (AvgIpc) is 2.35. The van der Waals surface area contributed by atoms with E-state index in [1.54, 1.807) is 18.5 Å². The molecule has 0 saturated carbocycles. The molecular weight excluding hydrogens is 252 g/mol. The lowest BCUT2D eigenvalue weighted by molar-refractivity contribution is 0.452. The van der Waals surface area contributed by atoms with Gasteiger partial charge in [0.15, 0.2) is 0 Å². The van der Waals surface area contributed by atoms with Crippen molar-refractivity contribution in [3.8, 4) is 0 Å². The van der Waals surface area contributed by atoms with Crippen molar-refractivity contribution in [2.75, 3.05) is 20.1 Å². The Morgan fingerprint density at radius 2 is 2.22 bits per heavy atom. The largest absolute Gasteiger partial charge is 0.330 e. The van der Waals surface area contributed by atoms with E-state index in [1.165, 1.54) is 11.4 Å². The SMILES string of the molecule is Cc1cnccc1CNS(=O)(=O)N(C)CCCN. The van der Waals surface area contributed by atoms with Crippen LogP contribution in [0.2, 0.25) is 0 Å². The van der Waals surface area contributed by atoms with Gasteiger partial charge in [0.1, 0.15) is 0 Å². The van der Waals surface area contributed by atoms with Gasteiger partial charge in [0.25, 0.3) is 10.2 Å². The Morgan fingerprint density at radius 1 is 1.50 bits per heavy atom. The minimum atomic E-state index is -3.44. The van der Waals surface area contributed by atoms with Crippen LogP contribution < -0.4 is 10.5 Å². The molecule has 1 rings (SSSR count). The summed E-state index contributed by atoms with van der Waals surface area (Å²) >= 11 is 0. The fourth-order valence-corrected chi connectivity index (χ4v) is 2.34. The molecule has 0 bridgehead atoms. The number of aromatic nitrogens is 1. The van der Waals surface area contributed by atoms with Crippen molar-refractivity contribution in [1.29, 1.82) is 0 Å². The number of rotatable bonds is 7. The lowest BCUT2D eigenvalue weighted by Crippen LogP contribution is -2.38. The molecule has 0 amide bonds. The molecule has 1 aromatic heterocycles. The topological polar surface area (TPSA) is 88.3 Å².